The number of hydrogen-bond acceptors (Lipinski definition) is 3. The maximum atomic E-state index is 12.5. The average Bonchev–Trinajstić information content (AvgIpc) is 2.87. The van der Waals surface area contributed by atoms with Gasteiger partial charge < -0.3 is 21.3 Å². The highest BCUT2D eigenvalue weighted by atomic mass is 35.5. The van der Waals surface area contributed by atoms with Gasteiger partial charge in [-0.3, -0.25) is 4.79 Å². The number of halogens is 1. The lowest BCUT2D eigenvalue weighted by atomic mass is 10.1. The number of nitrogens with zero attached hydrogens (tertiary/aromatic N) is 1. The number of nitrogens with two attached hydrogens (primary N) is 1. The molecule has 0 aromatic heterocycles. The standard InChI is InChI=1S/C14H20N4O2.ClH/c1-16-9-12-3-2-8-18(12)13(19)10-4-6-11(7-5-10)17-14(15)20;/h4-7,12,16H,2-3,8-9H2,1H3,(H3,15,17,20);1H. The van der Waals surface area contributed by atoms with Crippen molar-refractivity contribution >= 4 is 30.0 Å². The quantitative estimate of drug-likeness (QED) is 0.786. The molecule has 1 unspecified atom stereocenters. The minimum atomic E-state index is -0.613. The van der Waals surface area contributed by atoms with Crippen LogP contribution in [0.5, 0.6) is 0 Å². The van der Waals surface area contributed by atoms with Gasteiger partial charge in [-0.1, -0.05) is 0 Å². The van der Waals surface area contributed by atoms with Gasteiger partial charge in [-0.25, -0.2) is 4.79 Å². The number of amides is 3. The van der Waals surface area contributed by atoms with Crippen molar-refractivity contribution in [1.82, 2.24) is 10.2 Å². The molecule has 1 atom stereocenters. The van der Waals surface area contributed by atoms with Crippen LogP contribution in [0.4, 0.5) is 10.5 Å². The van der Waals surface area contributed by atoms with Crippen molar-refractivity contribution in [2.45, 2.75) is 18.9 Å². The first-order chi connectivity index (χ1) is 9.61. The lowest BCUT2D eigenvalue weighted by Crippen LogP contribution is -2.40. The van der Waals surface area contributed by atoms with Crippen LogP contribution in [0.15, 0.2) is 24.3 Å². The van der Waals surface area contributed by atoms with E-state index in [1.165, 1.54) is 0 Å². The SMILES string of the molecule is CNCC1CCCN1C(=O)c1ccc(NC(N)=O)cc1.Cl. The molecular weight excluding hydrogens is 292 g/mol. The van der Waals surface area contributed by atoms with E-state index < -0.39 is 6.03 Å². The first-order valence-corrected chi connectivity index (χ1v) is 6.74. The Kier molecular flexibility index (Phi) is 6.45. The second kappa shape index (κ2) is 7.85. The van der Waals surface area contributed by atoms with Crippen LogP contribution in [0.25, 0.3) is 0 Å². The van der Waals surface area contributed by atoms with E-state index in [9.17, 15) is 9.59 Å². The molecule has 0 radical (unpaired) electrons. The van der Waals surface area contributed by atoms with Crippen molar-refractivity contribution in [1.29, 1.82) is 0 Å². The zero-order valence-corrected chi connectivity index (χ0v) is 12.8. The summed E-state index contributed by atoms with van der Waals surface area (Å²) in [5.74, 6) is 0.0355. The molecule has 4 N–H and O–H groups in total. The largest absolute Gasteiger partial charge is 0.351 e. The number of carbonyl (C=O) groups is 2. The average molecular weight is 313 g/mol. The molecule has 1 fully saturated rings. The summed E-state index contributed by atoms with van der Waals surface area (Å²) in [6.45, 7) is 1.61. The molecule has 1 aromatic rings. The lowest BCUT2D eigenvalue weighted by Gasteiger charge is -2.24. The number of primary amides is 1. The number of anilines is 1. The van der Waals surface area contributed by atoms with E-state index in [0.29, 0.717) is 11.3 Å². The van der Waals surface area contributed by atoms with Crippen molar-refractivity contribution in [3.05, 3.63) is 29.8 Å². The summed E-state index contributed by atoms with van der Waals surface area (Å²) in [4.78, 5) is 25.1. The maximum absolute atomic E-state index is 12.5. The summed E-state index contributed by atoms with van der Waals surface area (Å²) in [7, 11) is 1.89. The molecule has 1 heterocycles. The molecule has 1 aromatic carbocycles. The van der Waals surface area contributed by atoms with E-state index in [1.54, 1.807) is 24.3 Å². The molecule has 21 heavy (non-hydrogen) atoms. The topological polar surface area (TPSA) is 87.5 Å². The van der Waals surface area contributed by atoms with Crippen LogP contribution in [0.2, 0.25) is 0 Å². The Balaban J connectivity index is 0.00000220. The predicted molar refractivity (Wildman–Crippen MR) is 84.9 cm³/mol. The highest BCUT2D eigenvalue weighted by Gasteiger charge is 2.28. The van der Waals surface area contributed by atoms with Gasteiger partial charge >= 0.3 is 6.03 Å². The monoisotopic (exact) mass is 312 g/mol. The predicted octanol–water partition coefficient (Wildman–Crippen LogP) is 1.42. The Morgan fingerprint density at radius 1 is 1.33 bits per heavy atom. The molecule has 0 bridgehead atoms. The second-order valence-electron chi connectivity index (χ2n) is 4.92. The number of urea groups is 1. The molecule has 7 heteroatoms. The van der Waals surface area contributed by atoms with Crippen LogP contribution in [0.3, 0.4) is 0 Å². The third kappa shape index (κ3) is 4.34. The van der Waals surface area contributed by atoms with Crippen molar-refractivity contribution < 1.29 is 9.59 Å². The minimum absolute atomic E-state index is 0. The number of benzene rings is 1. The first-order valence-electron chi connectivity index (χ1n) is 6.74. The normalized spacial score (nSPS) is 17.2. The van der Waals surface area contributed by atoms with Crippen molar-refractivity contribution in [2.75, 3.05) is 25.5 Å². The molecule has 116 valence electrons. The van der Waals surface area contributed by atoms with Crippen LogP contribution in [0, 0.1) is 0 Å². The smallest absolute Gasteiger partial charge is 0.316 e. The van der Waals surface area contributed by atoms with Gasteiger partial charge in [-0.2, -0.15) is 0 Å². The number of likely N-dealkylation sites (tertiary alicyclic amines) is 1. The second-order valence-corrected chi connectivity index (χ2v) is 4.92. The molecule has 1 aliphatic rings. The van der Waals surface area contributed by atoms with E-state index >= 15 is 0 Å². The summed E-state index contributed by atoms with van der Waals surface area (Å²) in [5, 5.41) is 5.59. The summed E-state index contributed by atoms with van der Waals surface area (Å²) >= 11 is 0. The van der Waals surface area contributed by atoms with Crippen molar-refractivity contribution in [2.24, 2.45) is 5.73 Å². The maximum Gasteiger partial charge on any atom is 0.316 e. The van der Waals surface area contributed by atoms with Gasteiger partial charge in [-0.15, -0.1) is 12.4 Å². The molecule has 0 saturated carbocycles. The fourth-order valence-corrected chi connectivity index (χ4v) is 2.56. The van der Waals surface area contributed by atoms with Gasteiger partial charge in [0.15, 0.2) is 0 Å². The Hall–Kier alpha value is -1.79. The van der Waals surface area contributed by atoms with E-state index in [-0.39, 0.29) is 24.4 Å². The zero-order valence-electron chi connectivity index (χ0n) is 12.0. The number of nitrogens with one attached hydrogen (secondary N) is 2. The highest BCUT2D eigenvalue weighted by Crippen LogP contribution is 2.20. The number of hydrogen-bond donors (Lipinski definition) is 3. The van der Waals surface area contributed by atoms with Crippen molar-refractivity contribution in [3.8, 4) is 0 Å². The minimum Gasteiger partial charge on any atom is -0.351 e. The third-order valence-corrected chi connectivity index (χ3v) is 3.48. The molecule has 1 saturated heterocycles. The van der Waals surface area contributed by atoms with Gasteiger partial charge in [0.1, 0.15) is 0 Å². The van der Waals surface area contributed by atoms with E-state index in [1.807, 2.05) is 11.9 Å². The number of likely N-dealkylation sites (N-methyl/N-ethyl adjacent to an activating group) is 1. The Morgan fingerprint density at radius 3 is 2.57 bits per heavy atom. The molecular formula is C14H21ClN4O2. The van der Waals surface area contributed by atoms with Crippen LogP contribution in [0.1, 0.15) is 23.2 Å². The molecule has 2 rings (SSSR count). The van der Waals surface area contributed by atoms with Gasteiger partial charge in [0.2, 0.25) is 0 Å². The van der Waals surface area contributed by atoms with E-state index in [0.717, 1.165) is 25.9 Å². The van der Waals surface area contributed by atoms with E-state index in [2.05, 4.69) is 10.6 Å². The summed E-state index contributed by atoms with van der Waals surface area (Å²) < 4.78 is 0. The molecule has 1 aliphatic heterocycles. The summed E-state index contributed by atoms with van der Waals surface area (Å²) in [5.41, 5.74) is 6.25. The Bertz CT molecular complexity index is 492. The fourth-order valence-electron chi connectivity index (χ4n) is 2.56. The third-order valence-electron chi connectivity index (χ3n) is 3.48. The van der Waals surface area contributed by atoms with Crippen LogP contribution >= 0.6 is 12.4 Å². The van der Waals surface area contributed by atoms with E-state index in [4.69, 9.17) is 5.73 Å². The summed E-state index contributed by atoms with van der Waals surface area (Å²) in [6, 6.07) is 6.43. The Labute approximate surface area is 130 Å². The van der Waals surface area contributed by atoms with Gasteiger partial charge in [0.05, 0.1) is 0 Å². The van der Waals surface area contributed by atoms with Crippen LogP contribution in [-0.4, -0.2) is 43.0 Å². The Morgan fingerprint density at radius 2 is 2.00 bits per heavy atom. The molecule has 3 amide bonds. The molecule has 6 nitrogen and oxygen atoms in total. The number of carbonyl (C=O) groups excluding carboxylic acids is 2. The zero-order chi connectivity index (χ0) is 14.5. The molecule has 0 aliphatic carbocycles. The van der Waals surface area contributed by atoms with Gasteiger partial charge in [0.25, 0.3) is 5.91 Å². The highest BCUT2D eigenvalue weighted by molar-refractivity contribution is 5.95. The molecule has 0 spiro atoms. The summed E-state index contributed by atoms with van der Waals surface area (Å²) in [6.07, 6.45) is 2.08. The lowest BCUT2D eigenvalue weighted by molar-refractivity contribution is 0.0737. The van der Waals surface area contributed by atoms with Gasteiger partial charge in [0, 0.05) is 30.4 Å². The van der Waals surface area contributed by atoms with Gasteiger partial charge in [-0.05, 0) is 44.2 Å². The first kappa shape index (κ1) is 17.3. The fraction of sp³-hybridized carbons (Fsp3) is 0.429. The van der Waals surface area contributed by atoms with Crippen LogP contribution < -0.4 is 16.4 Å². The number of rotatable bonds is 4. The van der Waals surface area contributed by atoms with Crippen LogP contribution in [-0.2, 0) is 0 Å². The van der Waals surface area contributed by atoms with Crippen molar-refractivity contribution in [3.63, 3.8) is 0 Å².